The predicted molar refractivity (Wildman–Crippen MR) is 183 cm³/mol. The van der Waals surface area contributed by atoms with E-state index in [1.165, 1.54) is 0 Å². The van der Waals surface area contributed by atoms with E-state index in [0.29, 0.717) is 36.1 Å². The zero-order valence-corrected chi connectivity index (χ0v) is 28.0. The van der Waals surface area contributed by atoms with Gasteiger partial charge in [-0.3, -0.25) is 34.2 Å². The monoisotopic (exact) mass is 693 g/mol. The number of phenolic OH excluding ortho intramolecular Hbond substituents is 1. The van der Waals surface area contributed by atoms with Crippen LogP contribution in [-0.2, 0) is 14.4 Å². The van der Waals surface area contributed by atoms with Crippen molar-refractivity contribution in [3.8, 4) is 22.8 Å². The Morgan fingerprint density at radius 2 is 1.71 bits per heavy atom. The second kappa shape index (κ2) is 12.4. The van der Waals surface area contributed by atoms with Crippen LogP contribution in [0.2, 0.25) is 0 Å². The maximum absolute atomic E-state index is 13.2. The van der Waals surface area contributed by atoms with E-state index in [1.807, 2.05) is 6.07 Å². The zero-order chi connectivity index (χ0) is 35.5. The van der Waals surface area contributed by atoms with Crippen molar-refractivity contribution in [2.45, 2.75) is 57.4 Å². The first-order valence-corrected chi connectivity index (χ1v) is 17.5. The normalized spacial score (nSPS) is 25.5. The fourth-order valence-corrected chi connectivity index (χ4v) is 8.66. The average molecular weight is 694 g/mol. The van der Waals surface area contributed by atoms with Gasteiger partial charge in [0, 0.05) is 48.8 Å². The lowest BCUT2D eigenvalue weighted by molar-refractivity contribution is -0.217. The van der Waals surface area contributed by atoms with E-state index in [2.05, 4.69) is 25.7 Å². The Morgan fingerprint density at radius 1 is 0.961 bits per heavy atom. The molecule has 5 amide bonds. The Labute approximate surface area is 293 Å². The van der Waals surface area contributed by atoms with E-state index >= 15 is 0 Å². The lowest BCUT2D eigenvalue weighted by Crippen LogP contribution is -2.69. The van der Waals surface area contributed by atoms with Crippen molar-refractivity contribution in [2.75, 3.05) is 36.9 Å². The van der Waals surface area contributed by atoms with Crippen molar-refractivity contribution in [2.24, 2.45) is 16.7 Å². The summed E-state index contributed by atoms with van der Waals surface area (Å²) in [5, 5.41) is 23.7. The number of para-hydroxylation sites is 1. The molecule has 5 N–H and O–H groups in total. The molecule has 3 aliphatic heterocycles. The Hall–Kier alpha value is -5.53. The van der Waals surface area contributed by atoms with Gasteiger partial charge in [0.2, 0.25) is 17.7 Å². The van der Waals surface area contributed by atoms with Crippen LogP contribution in [0.25, 0.3) is 11.3 Å². The van der Waals surface area contributed by atoms with Crippen LogP contribution < -0.4 is 26.0 Å². The smallest absolute Gasteiger partial charge is 0.262 e. The fraction of sp³-hybridized carbons (Fsp3) is 0.432. The number of nitrogens with zero attached hydrogens (tertiary/aromatic N) is 4. The highest BCUT2D eigenvalue weighted by Crippen LogP contribution is 2.73. The molecule has 1 atom stereocenters. The number of aromatic hydroxyl groups is 1. The number of ether oxygens (including phenoxy) is 1. The lowest BCUT2D eigenvalue weighted by Gasteiger charge is -2.68. The van der Waals surface area contributed by atoms with Gasteiger partial charge in [-0.25, -0.2) is 0 Å². The molecule has 14 nitrogen and oxygen atoms in total. The summed E-state index contributed by atoms with van der Waals surface area (Å²) in [4.78, 5) is 66.6. The number of carbonyl (C=O) groups excluding carboxylic acids is 5. The number of hydrogen-bond acceptors (Lipinski definition) is 11. The van der Waals surface area contributed by atoms with Crippen LogP contribution in [0.5, 0.6) is 11.5 Å². The Balaban J connectivity index is 0.778. The van der Waals surface area contributed by atoms with Crippen molar-refractivity contribution < 1.29 is 33.8 Å². The van der Waals surface area contributed by atoms with Crippen molar-refractivity contribution in [1.29, 1.82) is 0 Å². The molecule has 3 aliphatic carbocycles. The van der Waals surface area contributed by atoms with E-state index in [0.717, 1.165) is 62.2 Å². The third kappa shape index (κ3) is 5.71. The number of aromatic nitrogens is 2. The highest BCUT2D eigenvalue weighted by atomic mass is 16.5. The molecule has 9 rings (SSSR count). The van der Waals surface area contributed by atoms with Gasteiger partial charge in [0.1, 0.15) is 17.5 Å². The number of nitrogen functional groups attached to an aromatic ring is 1. The number of imide groups is 2. The van der Waals surface area contributed by atoms with E-state index in [1.54, 1.807) is 42.5 Å². The quantitative estimate of drug-likeness (QED) is 0.228. The minimum Gasteiger partial charge on any atom is -0.507 e. The van der Waals surface area contributed by atoms with E-state index in [4.69, 9.17) is 10.5 Å². The minimum atomic E-state index is -0.985. The number of carbonyl (C=O) groups is 5. The molecular formula is C37H39N7O7. The summed E-state index contributed by atoms with van der Waals surface area (Å²) in [5.41, 5.74) is 8.07. The summed E-state index contributed by atoms with van der Waals surface area (Å²) in [6, 6.07) is 12.8. The number of anilines is 2. The number of piperidine rings is 2. The van der Waals surface area contributed by atoms with Crippen molar-refractivity contribution in [3.05, 3.63) is 59.7 Å². The Bertz CT molecular complexity index is 1950. The molecule has 3 aromatic rings. The maximum Gasteiger partial charge on any atom is 0.262 e. The number of nitrogens with two attached hydrogens (primary N) is 1. The molecule has 51 heavy (non-hydrogen) atoms. The van der Waals surface area contributed by atoms with Crippen molar-refractivity contribution in [3.63, 3.8) is 0 Å². The molecule has 6 aliphatic rings. The predicted octanol–water partition coefficient (Wildman–Crippen LogP) is 2.80. The molecule has 5 fully saturated rings. The van der Waals surface area contributed by atoms with Crippen LogP contribution in [0.4, 0.5) is 11.5 Å². The lowest BCUT2D eigenvalue weighted by atomic mass is 9.35. The molecule has 3 saturated carbocycles. The summed E-state index contributed by atoms with van der Waals surface area (Å²) in [6.07, 6.45) is 5.28. The third-order valence-electron chi connectivity index (χ3n) is 11.4. The van der Waals surface area contributed by atoms with Gasteiger partial charge in [-0.2, -0.15) is 0 Å². The van der Waals surface area contributed by atoms with Crippen LogP contribution in [0.1, 0.15) is 72.1 Å². The maximum atomic E-state index is 13.2. The first kappa shape index (κ1) is 32.7. The number of phenols is 1. The van der Waals surface area contributed by atoms with E-state index in [9.17, 15) is 29.1 Å². The molecule has 1 aromatic heterocycles. The van der Waals surface area contributed by atoms with Crippen LogP contribution >= 0.6 is 0 Å². The zero-order valence-electron chi connectivity index (χ0n) is 28.0. The van der Waals surface area contributed by atoms with Crippen LogP contribution in [0.3, 0.4) is 0 Å². The topological polar surface area (TPSA) is 197 Å². The van der Waals surface area contributed by atoms with Gasteiger partial charge in [0.15, 0.2) is 11.6 Å². The van der Waals surface area contributed by atoms with E-state index < -0.39 is 29.7 Å². The number of hydrogen-bond donors (Lipinski definition) is 4. The summed E-state index contributed by atoms with van der Waals surface area (Å²) >= 11 is 0. The SMILES string of the molecule is Nc1nnc(-c2ccccc2O)cc1OCC12CC(C(=O)NCCC3CCN(c4ccc5c(c4)C(=O)N(C4CCC(=O)NC4=O)C5=O)CC3)(C1)C2. The van der Waals surface area contributed by atoms with Gasteiger partial charge in [-0.05, 0) is 81.2 Å². The number of nitrogens with one attached hydrogen (secondary N) is 2. The van der Waals surface area contributed by atoms with Crippen molar-refractivity contribution >= 4 is 41.0 Å². The summed E-state index contributed by atoms with van der Waals surface area (Å²) in [5.74, 6) is -0.790. The van der Waals surface area contributed by atoms with Crippen LogP contribution in [-0.4, -0.2) is 82.0 Å². The largest absolute Gasteiger partial charge is 0.507 e. The number of rotatable bonds is 10. The standard InChI is InChI=1S/C37H39N7O7/c38-31-29(16-26(41-42-31)24-3-1-2-4-28(24)45)51-20-36-17-37(18-36,19-36)35(50)39-12-9-21-10-13-43(14-11-21)22-5-6-23-25(15-22)34(49)44(33(23)48)27-7-8-30(46)40-32(27)47/h1-6,15-16,21,27,45H,7-14,17-20H2,(H2,38,42)(H,39,50)(H,40,46,47). The van der Waals surface area contributed by atoms with Crippen LogP contribution in [0.15, 0.2) is 48.5 Å². The molecule has 14 heteroatoms. The fourth-order valence-electron chi connectivity index (χ4n) is 8.66. The average Bonchev–Trinajstić information content (AvgIpc) is 3.33. The van der Waals surface area contributed by atoms with Gasteiger partial charge >= 0.3 is 0 Å². The highest BCUT2D eigenvalue weighted by Gasteiger charge is 2.71. The molecule has 4 heterocycles. The summed E-state index contributed by atoms with van der Waals surface area (Å²) in [6.45, 7) is 2.63. The molecule has 2 aromatic carbocycles. The highest BCUT2D eigenvalue weighted by molar-refractivity contribution is 6.23. The molecular weight excluding hydrogens is 654 g/mol. The summed E-state index contributed by atoms with van der Waals surface area (Å²) < 4.78 is 6.07. The molecule has 2 bridgehead atoms. The summed E-state index contributed by atoms with van der Waals surface area (Å²) in [7, 11) is 0. The van der Waals surface area contributed by atoms with Gasteiger partial charge < -0.3 is 25.8 Å². The third-order valence-corrected chi connectivity index (χ3v) is 11.4. The Kier molecular flexibility index (Phi) is 7.91. The van der Waals surface area contributed by atoms with Gasteiger partial charge in [-0.1, -0.05) is 12.1 Å². The molecule has 0 radical (unpaired) electrons. The number of fused-ring (bicyclic) bond motifs is 1. The second-order valence-corrected chi connectivity index (χ2v) is 14.7. The van der Waals surface area contributed by atoms with Crippen LogP contribution in [0, 0.1) is 16.7 Å². The molecule has 0 spiro atoms. The van der Waals surface area contributed by atoms with E-state index in [-0.39, 0.29) is 52.3 Å². The van der Waals surface area contributed by atoms with Gasteiger partial charge in [0.25, 0.3) is 11.8 Å². The first-order valence-electron chi connectivity index (χ1n) is 17.5. The molecule has 2 saturated heterocycles. The molecule has 264 valence electrons. The van der Waals surface area contributed by atoms with Gasteiger partial charge in [-0.15, -0.1) is 10.2 Å². The number of benzene rings is 2. The van der Waals surface area contributed by atoms with Crippen molar-refractivity contribution in [1.82, 2.24) is 25.7 Å². The Morgan fingerprint density at radius 3 is 2.45 bits per heavy atom. The minimum absolute atomic E-state index is 0.0480. The number of amides is 5. The first-order chi connectivity index (χ1) is 24.5. The van der Waals surface area contributed by atoms with Gasteiger partial charge in [0.05, 0.1) is 23.1 Å². The molecule has 1 unspecified atom stereocenters. The second-order valence-electron chi connectivity index (χ2n) is 14.7.